The number of hydrogen-bond donors (Lipinski definition) is 3. The highest BCUT2D eigenvalue weighted by atomic mass is 32.2. The molecular weight excluding hydrogens is 851 g/mol. The number of carbonyl (C=O) groups is 6. The first-order valence-electron chi connectivity index (χ1n) is 21.2. The lowest BCUT2D eigenvalue weighted by atomic mass is 9.44. The van der Waals surface area contributed by atoms with E-state index in [0.717, 1.165) is 6.92 Å². The van der Waals surface area contributed by atoms with Crippen LogP contribution in [-0.2, 0) is 52.3 Å². The maximum absolute atomic E-state index is 15.9. The van der Waals surface area contributed by atoms with Crippen LogP contribution in [0.2, 0.25) is 0 Å². The molecule has 64 heavy (non-hydrogen) atoms. The van der Waals surface area contributed by atoms with Crippen LogP contribution in [0.1, 0.15) is 97.1 Å². The Labute approximate surface area is 377 Å². The van der Waals surface area contributed by atoms with Gasteiger partial charge in [-0.25, -0.2) is 14.4 Å². The zero-order chi connectivity index (χ0) is 47.2. The fourth-order valence-electron chi connectivity index (χ4n) is 10.2. The van der Waals surface area contributed by atoms with Crippen LogP contribution in [-0.4, -0.2) is 118 Å². The molecule has 2 saturated carbocycles. The Morgan fingerprint density at radius 3 is 2.11 bits per heavy atom. The van der Waals surface area contributed by atoms with Crippen molar-refractivity contribution in [1.29, 1.82) is 0 Å². The molecule has 2 unspecified atom stereocenters. The molecule has 17 heteroatoms. The van der Waals surface area contributed by atoms with Gasteiger partial charge >= 0.3 is 30.0 Å². The van der Waals surface area contributed by atoms with Crippen molar-refractivity contribution in [2.24, 2.45) is 16.7 Å². The van der Waals surface area contributed by atoms with Gasteiger partial charge in [-0.05, 0) is 69.7 Å². The van der Waals surface area contributed by atoms with Crippen LogP contribution in [0.5, 0.6) is 0 Å². The summed E-state index contributed by atoms with van der Waals surface area (Å²) in [7, 11) is 0. The van der Waals surface area contributed by atoms with Gasteiger partial charge in [0.25, 0.3) is 0 Å². The quantitative estimate of drug-likeness (QED) is 0.108. The van der Waals surface area contributed by atoms with Gasteiger partial charge in [0.15, 0.2) is 23.6 Å². The molecule has 3 N–H and O–H groups in total. The van der Waals surface area contributed by atoms with E-state index in [1.54, 1.807) is 103 Å². The molecule has 2 aromatic rings. The fourth-order valence-corrected chi connectivity index (χ4v) is 10.5. The number of rotatable bonds is 12. The Kier molecular flexibility index (Phi) is 13.9. The minimum atomic E-state index is -2.35. The first kappa shape index (κ1) is 48.6. The topological polar surface area (TPSA) is 220 Å². The Balaban J connectivity index is 1.57. The summed E-state index contributed by atoms with van der Waals surface area (Å²) in [6.07, 6.45) is -8.57. The molecule has 1 aliphatic heterocycles. The Morgan fingerprint density at radius 2 is 1.56 bits per heavy atom. The highest BCUT2D eigenvalue weighted by molar-refractivity contribution is 7.98. The van der Waals surface area contributed by atoms with Crippen molar-refractivity contribution >= 4 is 47.5 Å². The summed E-state index contributed by atoms with van der Waals surface area (Å²) in [5, 5.41) is 28.2. The summed E-state index contributed by atoms with van der Waals surface area (Å²) < 4.78 is 42.8. The Bertz CT molecular complexity index is 2160. The zero-order valence-electron chi connectivity index (χ0n) is 37.8. The number of amides is 1. The van der Waals surface area contributed by atoms with Gasteiger partial charge in [-0.3, -0.25) is 14.4 Å². The molecule has 2 bridgehead atoms. The van der Waals surface area contributed by atoms with Crippen molar-refractivity contribution in [3.63, 3.8) is 0 Å². The number of Topliss-reactive ketones (excluding diaryl/α,β-unsaturated/α-hetero) is 1. The van der Waals surface area contributed by atoms with E-state index in [2.05, 4.69) is 5.32 Å². The van der Waals surface area contributed by atoms with Gasteiger partial charge in [0.05, 0.1) is 41.6 Å². The molecular formula is C47H59NO15S. The van der Waals surface area contributed by atoms with Crippen LogP contribution in [0.3, 0.4) is 0 Å². The Morgan fingerprint density at radius 1 is 0.938 bits per heavy atom. The van der Waals surface area contributed by atoms with E-state index in [1.807, 2.05) is 0 Å². The molecule has 0 aromatic heterocycles. The molecule has 1 amide bonds. The normalized spacial score (nSPS) is 31.5. The van der Waals surface area contributed by atoms with Crippen molar-refractivity contribution < 1.29 is 72.1 Å². The van der Waals surface area contributed by atoms with Crippen molar-refractivity contribution in [3.8, 4) is 0 Å². The summed E-state index contributed by atoms with van der Waals surface area (Å²) in [5.74, 6) is -5.76. The summed E-state index contributed by atoms with van der Waals surface area (Å²) in [6.45, 7) is 13.4. The van der Waals surface area contributed by atoms with E-state index in [1.165, 1.54) is 30.8 Å². The molecule has 348 valence electrons. The maximum atomic E-state index is 15.9. The third-order valence-electron chi connectivity index (χ3n) is 13.2. The average molecular weight is 910 g/mol. The first-order valence-corrected chi connectivity index (χ1v) is 22.6. The van der Waals surface area contributed by atoms with E-state index in [0.29, 0.717) is 5.56 Å². The third-order valence-corrected chi connectivity index (χ3v) is 13.6. The third kappa shape index (κ3) is 8.81. The van der Waals surface area contributed by atoms with Gasteiger partial charge in [0.1, 0.15) is 29.5 Å². The molecule has 1 saturated heterocycles. The van der Waals surface area contributed by atoms with Gasteiger partial charge in [0, 0.05) is 32.1 Å². The van der Waals surface area contributed by atoms with Gasteiger partial charge < -0.3 is 48.7 Å². The number of benzene rings is 2. The second-order valence-corrected chi connectivity index (χ2v) is 19.5. The van der Waals surface area contributed by atoms with Gasteiger partial charge in [0.2, 0.25) is 0 Å². The SMILES string of the molecule is CSCO[C@H]1C[C@H]2OC[C@@]2(OC(C)=O)C2C(OC(=O)c3ccccc3)[C@]3(O)C[C@H](OC(=O)[C@H](O)[C@@H](NC(=O)OC(C)(C)C)c4ccccc4)C(C)=C([C@@H](OC(C)=O)C(=O)[C@@]21C)C3(C)C. The van der Waals surface area contributed by atoms with Crippen molar-refractivity contribution in [1.82, 2.24) is 5.32 Å². The van der Waals surface area contributed by atoms with E-state index >= 15 is 4.79 Å². The smallest absolute Gasteiger partial charge is 0.408 e. The molecule has 6 rings (SSSR count). The second-order valence-electron chi connectivity index (χ2n) is 18.7. The molecule has 2 aromatic carbocycles. The number of esters is 4. The van der Waals surface area contributed by atoms with Crippen molar-refractivity contribution in [2.45, 2.75) is 135 Å². The number of hydrogen-bond acceptors (Lipinski definition) is 16. The van der Waals surface area contributed by atoms with Crippen LogP contribution in [0.15, 0.2) is 71.8 Å². The van der Waals surface area contributed by atoms with Gasteiger partial charge in [-0.2, -0.15) is 0 Å². The van der Waals surface area contributed by atoms with Gasteiger partial charge in [-0.1, -0.05) is 62.4 Å². The van der Waals surface area contributed by atoms with E-state index in [9.17, 15) is 34.2 Å². The molecule has 0 radical (unpaired) electrons. The number of ketones is 1. The largest absolute Gasteiger partial charge is 0.456 e. The molecule has 11 atom stereocenters. The maximum Gasteiger partial charge on any atom is 0.408 e. The summed E-state index contributed by atoms with van der Waals surface area (Å²) in [5.41, 5.74) is -7.76. The lowest BCUT2D eigenvalue weighted by Gasteiger charge is -2.67. The number of ether oxygens (including phenoxy) is 7. The number of alkyl carbamates (subject to hydrolysis) is 1. The van der Waals surface area contributed by atoms with E-state index in [-0.39, 0.29) is 35.7 Å². The predicted octanol–water partition coefficient (Wildman–Crippen LogP) is 5.18. The number of thioether (sulfide) groups is 1. The summed E-state index contributed by atoms with van der Waals surface area (Å²) in [4.78, 5) is 84.1. The highest BCUT2D eigenvalue weighted by Gasteiger charge is 2.78. The minimum absolute atomic E-state index is 0.0383. The molecule has 1 heterocycles. The lowest BCUT2D eigenvalue weighted by molar-refractivity contribution is -0.347. The second kappa shape index (κ2) is 18.2. The first-order chi connectivity index (χ1) is 29.9. The molecule has 16 nitrogen and oxygen atoms in total. The zero-order valence-corrected chi connectivity index (χ0v) is 38.6. The number of aliphatic hydroxyl groups excluding tert-OH is 1. The highest BCUT2D eigenvalue weighted by Crippen LogP contribution is 2.65. The molecule has 3 aliphatic carbocycles. The predicted molar refractivity (Wildman–Crippen MR) is 230 cm³/mol. The van der Waals surface area contributed by atoms with E-state index in [4.69, 9.17) is 33.2 Å². The van der Waals surface area contributed by atoms with Crippen LogP contribution in [0, 0.1) is 16.7 Å². The number of aliphatic hydroxyl groups is 2. The lowest BCUT2D eigenvalue weighted by Crippen LogP contribution is -2.82. The van der Waals surface area contributed by atoms with Crippen LogP contribution < -0.4 is 5.32 Å². The monoisotopic (exact) mass is 909 g/mol. The molecule has 3 fully saturated rings. The number of nitrogens with one attached hydrogen (secondary N) is 1. The van der Waals surface area contributed by atoms with Crippen LogP contribution in [0.25, 0.3) is 0 Å². The Hall–Kier alpha value is -4.81. The summed E-state index contributed by atoms with van der Waals surface area (Å²) in [6, 6.07) is 14.8. The molecule has 4 aliphatic rings. The number of carbonyl (C=O) groups excluding carboxylic acids is 6. The van der Waals surface area contributed by atoms with Crippen molar-refractivity contribution in [3.05, 3.63) is 82.9 Å². The van der Waals surface area contributed by atoms with Gasteiger partial charge in [-0.15, -0.1) is 11.8 Å². The fraction of sp³-hybridized carbons (Fsp3) is 0.574. The summed E-state index contributed by atoms with van der Waals surface area (Å²) >= 11 is 1.34. The van der Waals surface area contributed by atoms with Crippen LogP contribution >= 0.6 is 11.8 Å². The standard InChI is InChI=1S/C47H59NO15S/c1-25-30(60-41(54)35(51)34(28-17-13-11-14-18-28)48-42(55)63-43(4,5)6)22-47(56)39(61-40(53)29-19-15-12-16-20-29)37-45(9,38(52)36(59-26(2)49)33(25)44(47,7)8)31(58-24-64-10)21-32-46(37,23-57-32)62-27(3)50/h11-20,30-32,34-37,39,51,56H,21-24H2,1-10H3,(H,48,55)/t30-,31-,32+,34-,35+,36+,37?,39?,45+,46-,47+/m0/s1. The van der Waals surface area contributed by atoms with E-state index < -0.39 is 118 Å². The average Bonchev–Trinajstić information content (AvgIpc) is 3.21. The minimum Gasteiger partial charge on any atom is -0.456 e. The van der Waals surface area contributed by atoms with Crippen LogP contribution in [0.4, 0.5) is 4.79 Å². The van der Waals surface area contributed by atoms with Crippen molar-refractivity contribution in [2.75, 3.05) is 18.8 Å². The molecule has 0 spiro atoms. The number of fused-ring (bicyclic) bond motifs is 5.